The van der Waals surface area contributed by atoms with E-state index in [1.165, 1.54) is 19.8 Å². The molecule has 1 aromatic heterocycles. The van der Waals surface area contributed by atoms with Crippen LogP contribution in [-0.4, -0.2) is 20.9 Å². The third-order valence-corrected chi connectivity index (χ3v) is 4.56. The molecule has 1 heterocycles. The SMILES string of the molecule is Cc1oc(C(=O)NCCCC2CC2)cc1S(=O)(=O)Cl. The van der Waals surface area contributed by atoms with Crippen molar-refractivity contribution in [2.24, 2.45) is 5.92 Å². The summed E-state index contributed by atoms with van der Waals surface area (Å²) in [4.78, 5) is 11.6. The molecule has 106 valence electrons. The molecule has 0 aromatic carbocycles. The van der Waals surface area contributed by atoms with Gasteiger partial charge in [-0.2, -0.15) is 0 Å². The number of hydrogen-bond acceptors (Lipinski definition) is 4. The van der Waals surface area contributed by atoms with Crippen LogP contribution in [0.2, 0.25) is 0 Å². The molecule has 0 bridgehead atoms. The quantitative estimate of drug-likeness (QED) is 0.647. The predicted octanol–water partition coefficient (Wildman–Crippen LogP) is 2.44. The van der Waals surface area contributed by atoms with Gasteiger partial charge in [0.2, 0.25) is 0 Å². The second-order valence-corrected chi connectivity index (χ2v) is 7.34. The van der Waals surface area contributed by atoms with Gasteiger partial charge < -0.3 is 9.73 Å². The van der Waals surface area contributed by atoms with Crippen LogP contribution >= 0.6 is 10.7 Å². The summed E-state index contributed by atoms with van der Waals surface area (Å²) in [7, 11) is 1.36. The Kier molecular flexibility index (Phi) is 4.20. The maximum absolute atomic E-state index is 11.8. The fourth-order valence-electron chi connectivity index (χ4n) is 1.91. The van der Waals surface area contributed by atoms with E-state index in [0.717, 1.165) is 24.8 Å². The van der Waals surface area contributed by atoms with E-state index in [2.05, 4.69) is 5.32 Å². The molecule has 2 rings (SSSR count). The Labute approximate surface area is 116 Å². The summed E-state index contributed by atoms with van der Waals surface area (Å²) in [5, 5.41) is 2.70. The topological polar surface area (TPSA) is 76.4 Å². The summed E-state index contributed by atoms with van der Waals surface area (Å²) in [6, 6.07) is 1.16. The summed E-state index contributed by atoms with van der Waals surface area (Å²) in [5.74, 6) is 0.516. The fraction of sp³-hybridized carbons (Fsp3) is 0.583. The lowest BCUT2D eigenvalue weighted by molar-refractivity contribution is 0.0924. The number of carbonyl (C=O) groups excluding carboxylic acids is 1. The molecule has 5 nitrogen and oxygen atoms in total. The lowest BCUT2D eigenvalue weighted by Gasteiger charge is -2.01. The second kappa shape index (κ2) is 5.54. The Bertz CT molecular complexity index is 575. The van der Waals surface area contributed by atoms with E-state index in [4.69, 9.17) is 15.1 Å². The van der Waals surface area contributed by atoms with Crippen LogP contribution in [-0.2, 0) is 9.05 Å². The molecule has 0 spiro atoms. The Hall–Kier alpha value is -1.01. The molecule has 1 aromatic rings. The molecule has 19 heavy (non-hydrogen) atoms. The van der Waals surface area contributed by atoms with E-state index in [1.807, 2.05) is 0 Å². The van der Waals surface area contributed by atoms with Gasteiger partial charge in [0.1, 0.15) is 10.7 Å². The van der Waals surface area contributed by atoms with Crippen molar-refractivity contribution in [3.63, 3.8) is 0 Å². The first kappa shape index (κ1) is 14.4. The standard InChI is InChI=1S/C12H16ClNO4S/c1-8-11(19(13,16)17)7-10(18-8)12(15)14-6-2-3-9-4-5-9/h7,9H,2-6H2,1H3,(H,14,15). The molecule has 1 amide bonds. The molecule has 1 saturated carbocycles. The van der Waals surface area contributed by atoms with Crippen LogP contribution in [0.15, 0.2) is 15.4 Å². The Balaban J connectivity index is 1.91. The van der Waals surface area contributed by atoms with Crippen molar-refractivity contribution in [3.05, 3.63) is 17.6 Å². The van der Waals surface area contributed by atoms with Crippen molar-refractivity contribution in [2.45, 2.75) is 37.5 Å². The maximum atomic E-state index is 11.8. The average Bonchev–Trinajstić information content (AvgIpc) is 3.04. The smallest absolute Gasteiger partial charge is 0.287 e. The molecule has 1 fully saturated rings. The first-order valence-electron chi connectivity index (χ1n) is 6.21. The van der Waals surface area contributed by atoms with Gasteiger partial charge in [-0.1, -0.05) is 12.8 Å². The molecule has 1 N–H and O–H groups in total. The Morgan fingerprint density at radius 2 is 2.21 bits per heavy atom. The predicted molar refractivity (Wildman–Crippen MR) is 70.8 cm³/mol. The van der Waals surface area contributed by atoms with Crippen molar-refractivity contribution >= 4 is 25.6 Å². The van der Waals surface area contributed by atoms with Gasteiger partial charge in [-0.05, 0) is 25.7 Å². The van der Waals surface area contributed by atoms with Crippen LogP contribution in [0.3, 0.4) is 0 Å². The summed E-state index contributed by atoms with van der Waals surface area (Å²) >= 11 is 0. The first-order valence-corrected chi connectivity index (χ1v) is 8.52. The molecule has 0 saturated heterocycles. The molecule has 7 heteroatoms. The molecule has 0 radical (unpaired) electrons. The van der Waals surface area contributed by atoms with E-state index in [1.54, 1.807) is 0 Å². The summed E-state index contributed by atoms with van der Waals surface area (Å²) in [6.45, 7) is 2.02. The van der Waals surface area contributed by atoms with Gasteiger partial charge in [0, 0.05) is 23.3 Å². The average molecular weight is 306 g/mol. The van der Waals surface area contributed by atoms with Gasteiger partial charge in [0.25, 0.3) is 15.0 Å². The number of rotatable bonds is 6. The van der Waals surface area contributed by atoms with Crippen LogP contribution in [0, 0.1) is 12.8 Å². The minimum Gasteiger partial charge on any atom is -0.455 e. The highest BCUT2D eigenvalue weighted by atomic mass is 35.7. The van der Waals surface area contributed by atoms with E-state index in [0.29, 0.717) is 6.54 Å². The minimum atomic E-state index is -3.88. The summed E-state index contributed by atoms with van der Waals surface area (Å²) in [6.07, 6.45) is 4.64. The van der Waals surface area contributed by atoms with Crippen molar-refractivity contribution in [1.29, 1.82) is 0 Å². The minimum absolute atomic E-state index is 0.0249. The number of hydrogen-bond donors (Lipinski definition) is 1. The van der Waals surface area contributed by atoms with Crippen LogP contribution in [0.5, 0.6) is 0 Å². The number of furan rings is 1. The Morgan fingerprint density at radius 1 is 1.53 bits per heavy atom. The van der Waals surface area contributed by atoms with Gasteiger partial charge >= 0.3 is 0 Å². The first-order chi connectivity index (χ1) is 8.88. The highest BCUT2D eigenvalue weighted by molar-refractivity contribution is 8.13. The number of halogens is 1. The zero-order valence-electron chi connectivity index (χ0n) is 10.6. The summed E-state index contributed by atoms with van der Waals surface area (Å²) in [5.41, 5.74) is 0. The van der Waals surface area contributed by atoms with E-state index >= 15 is 0 Å². The van der Waals surface area contributed by atoms with Gasteiger partial charge in [0.05, 0.1) is 0 Å². The zero-order chi connectivity index (χ0) is 14.0. The van der Waals surface area contributed by atoms with Gasteiger partial charge in [-0.25, -0.2) is 8.42 Å². The number of amides is 1. The fourth-order valence-corrected chi connectivity index (χ4v) is 3.00. The van der Waals surface area contributed by atoms with Crippen molar-refractivity contribution in [2.75, 3.05) is 6.54 Å². The van der Waals surface area contributed by atoms with Crippen LogP contribution in [0.4, 0.5) is 0 Å². The normalized spacial score (nSPS) is 15.5. The third-order valence-electron chi connectivity index (χ3n) is 3.13. The number of carbonyl (C=O) groups is 1. The lowest BCUT2D eigenvalue weighted by atomic mass is 10.2. The van der Waals surface area contributed by atoms with E-state index < -0.39 is 15.0 Å². The van der Waals surface area contributed by atoms with Crippen LogP contribution in [0.1, 0.15) is 42.0 Å². The van der Waals surface area contributed by atoms with E-state index in [9.17, 15) is 13.2 Å². The molecule has 1 aliphatic rings. The highest BCUT2D eigenvalue weighted by Gasteiger charge is 2.23. The molecular weight excluding hydrogens is 290 g/mol. The maximum Gasteiger partial charge on any atom is 0.287 e. The summed E-state index contributed by atoms with van der Waals surface area (Å²) < 4.78 is 27.5. The third kappa shape index (κ3) is 3.98. The van der Waals surface area contributed by atoms with Gasteiger partial charge in [-0.15, -0.1) is 0 Å². The van der Waals surface area contributed by atoms with Crippen LogP contribution < -0.4 is 5.32 Å². The molecular formula is C12H16ClNO4S. The van der Waals surface area contributed by atoms with Crippen molar-refractivity contribution < 1.29 is 17.6 Å². The molecule has 1 aliphatic carbocycles. The van der Waals surface area contributed by atoms with Crippen molar-refractivity contribution in [1.82, 2.24) is 5.32 Å². The molecule has 0 aliphatic heterocycles. The van der Waals surface area contributed by atoms with Gasteiger partial charge in [-0.3, -0.25) is 4.79 Å². The Morgan fingerprint density at radius 3 is 2.74 bits per heavy atom. The number of nitrogens with one attached hydrogen (secondary N) is 1. The number of aryl methyl sites for hydroxylation is 1. The molecule has 0 atom stereocenters. The molecule has 0 unspecified atom stereocenters. The van der Waals surface area contributed by atoms with Crippen molar-refractivity contribution in [3.8, 4) is 0 Å². The van der Waals surface area contributed by atoms with E-state index in [-0.39, 0.29) is 16.4 Å². The highest BCUT2D eigenvalue weighted by Crippen LogP contribution is 2.33. The largest absolute Gasteiger partial charge is 0.455 e. The van der Waals surface area contributed by atoms with Crippen LogP contribution in [0.25, 0.3) is 0 Å². The lowest BCUT2D eigenvalue weighted by Crippen LogP contribution is -2.24. The zero-order valence-corrected chi connectivity index (χ0v) is 12.2. The van der Waals surface area contributed by atoms with Gasteiger partial charge in [0.15, 0.2) is 5.76 Å². The second-order valence-electron chi connectivity index (χ2n) is 4.81. The monoisotopic (exact) mass is 305 g/mol.